The SMILES string of the molecule is O=C(Nc1cc(C(F)(F)F)ccc1C(=O)O)c1cncs1. The lowest BCUT2D eigenvalue weighted by Gasteiger charge is -2.12. The van der Waals surface area contributed by atoms with Crippen molar-refractivity contribution in [1.29, 1.82) is 0 Å². The number of halogens is 3. The molecule has 0 aliphatic rings. The predicted octanol–water partition coefficient (Wildman–Crippen LogP) is 3.11. The van der Waals surface area contributed by atoms with Crippen molar-refractivity contribution >= 4 is 28.9 Å². The lowest BCUT2D eigenvalue weighted by Crippen LogP contribution is -2.15. The van der Waals surface area contributed by atoms with E-state index in [-0.39, 0.29) is 4.88 Å². The van der Waals surface area contributed by atoms with Crippen LogP contribution in [0.25, 0.3) is 0 Å². The molecule has 110 valence electrons. The van der Waals surface area contributed by atoms with Crippen LogP contribution in [-0.2, 0) is 6.18 Å². The Balaban J connectivity index is 2.39. The van der Waals surface area contributed by atoms with E-state index in [4.69, 9.17) is 5.11 Å². The fourth-order valence-electron chi connectivity index (χ4n) is 1.52. The highest BCUT2D eigenvalue weighted by molar-refractivity contribution is 7.11. The van der Waals surface area contributed by atoms with Gasteiger partial charge in [0.05, 0.1) is 28.5 Å². The number of carboxylic acid groups (broad SMARTS) is 1. The molecule has 0 saturated carbocycles. The molecule has 0 fully saturated rings. The molecule has 1 aromatic heterocycles. The van der Waals surface area contributed by atoms with E-state index < -0.39 is 34.9 Å². The number of hydrogen-bond acceptors (Lipinski definition) is 4. The maximum absolute atomic E-state index is 12.6. The van der Waals surface area contributed by atoms with Gasteiger partial charge in [0.2, 0.25) is 0 Å². The van der Waals surface area contributed by atoms with E-state index in [0.717, 1.165) is 17.4 Å². The molecule has 0 aliphatic carbocycles. The van der Waals surface area contributed by atoms with Gasteiger partial charge in [-0.3, -0.25) is 9.78 Å². The maximum Gasteiger partial charge on any atom is 0.416 e. The summed E-state index contributed by atoms with van der Waals surface area (Å²) in [4.78, 5) is 26.6. The minimum Gasteiger partial charge on any atom is -0.478 e. The van der Waals surface area contributed by atoms with Crippen molar-refractivity contribution in [2.45, 2.75) is 6.18 Å². The zero-order valence-corrected chi connectivity index (χ0v) is 11.0. The van der Waals surface area contributed by atoms with Gasteiger partial charge >= 0.3 is 12.1 Å². The molecule has 1 heterocycles. The molecule has 0 spiro atoms. The first kappa shape index (κ1) is 15.0. The Labute approximate surface area is 120 Å². The normalized spacial score (nSPS) is 11.2. The number of aromatic nitrogens is 1. The smallest absolute Gasteiger partial charge is 0.416 e. The van der Waals surface area contributed by atoms with Crippen LogP contribution in [0.1, 0.15) is 25.6 Å². The van der Waals surface area contributed by atoms with E-state index in [2.05, 4.69) is 10.3 Å². The highest BCUT2D eigenvalue weighted by Gasteiger charge is 2.31. The molecule has 5 nitrogen and oxygen atoms in total. The first-order valence-electron chi connectivity index (χ1n) is 5.43. The standard InChI is InChI=1S/C12H7F3N2O3S/c13-12(14,15)6-1-2-7(11(19)20)8(3-6)17-10(18)9-4-16-5-21-9/h1-5H,(H,17,18)(H,19,20). The fourth-order valence-corrected chi connectivity index (χ4v) is 2.04. The summed E-state index contributed by atoms with van der Waals surface area (Å²) < 4.78 is 37.9. The summed E-state index contributed by atoms with van der Waals surface area (Å²) in [5.41, 5.74) is -0.525. The first-order chi connectivity index (χ1) is 9.79. The van der Waals surface area contributed by atoms with Crippen LogP contribution in [-0.4, -0.2) is 22.0 Å². The second-order valence-electron chi connectivity index (χ2n) is 3.88. The number of benzene rings is 1. The number of aromatic carboxylic acids is 1. The van der Waals surface area contributed by atoms with Crippen LogP contribution in [0.3, 0.4) is 0 Å². The molecule has 1 amide bonds. The molecule has 0 atom stereocenters. The number of carboxylic acids is 1. The molecule has 1 aromatic carbocycles. The van der Waals surface area contributed by atoms with E-state index in [1.54, 1.807) is 0 Å². The molecule has 2 rings (SSSR count). The van der Waals surface area contributed by atoms with Crippen molar-refractivity contribution in [2.75, 3.05) is 5.32 Å². The molecule has 2 N–H and O–H groups in total. The molecule has 0 unspecified atom stereocenters. The number of carbonyl (C=O) groups excluding carboxylic acids is 1. The van der Waals surface area contributed by atoms with Crippen LogP contribution in [0.4, 0.5) is 18.9 Å². The highest BCUT2D eigenvalue weighted by atomic mass is 32.1. The Morgan fingerprint density at radius 2 is 2.00 bits per heavy atom. The zero-order valence-electron chi connectivity index (χ0n) is 10.1. The third-order valence-electron chi connectivity index (χ3n) is 2.48. The number of thiazole rings is 1. The second-order valence-corrected chi connectivity index (χ2v) is 4.77. The Morgan fingerprint density at radius 1 is 1.29 bits per heavy atom. The van der Waals surface area contributed by atoms with Crippen molar-refractivity contribution in [3.05, 3.63) is 45.9 Å². The average molecular weight is 316 g/mol. The van der Waals surface area contributed by atoms with Crippen LogP contribution in [0.15, 0.2) is 29.9 Å². The number of rotatable bonds is 3. The highest BCUT2D eigenvalue weighted by Crippen LogP contribution is 2.32. The Morgan fingerprint density at radius 3 is 2.52 bits per heavy atom. The van der Waals surface area contributed by atoms with Crippen molar-refractivity contribution in [2.24, 2.45) is 0 Å². The third-order valence-corrected chi connectivity index (χ3v) is 3.25. The lowest BCUT2D eigenvalue weighted by atomic mass is 10.1. The predicted molar refractivity (Wildman–Crippen MR) is 68.5 cm³/mol. The topological polar surface area (TPSA) is 79.3 Å². The third kappa shape index (κ3) is 3.37. The molecule has 0 radical (unpaired) electrons. The molecule has 0 saturated heterocycles. The van der Waals surface area contributed by atoms with Gasteiger partial charge in [-0.2, -0.15) is 13.2 Å². The number of anilines is 1. The van der Waals surface area contributed by atoms with Crippen molar-refractivity contribution in [3.8, 4) is 0 Å². The fraction of sp³-hybridized carbons (Fsp3) is 0.0833. The summed E-state index contributed by atoms with van der Waals surface area (Å²) in [6.45, 7) is 0. The van der Waals surface area contributed by atoms with Gasteiger partial charge in [0, 0.05) is 0 Å². The van der Waals surface area contributed by atoms with E-state index in [1.807, 2.05) is 0 Å². The number of alkyl halides is 3. The Kier molecular flexibility index (Phi) is 3.94. The summed E-state index contributed by atoms with van der Waals surface area (Å²) >= 11 is 0.981. The molecule has 2 aromatic rings. The number of hydrogen-bond donors (Lipinski definition) is 2. The average Bonchev–Trinajstić information content (AvgIpc) is 2.91. The maximum atomic E-state index is 12.6. The van der Waals surface area contributed by atoms with Crippen LogP contribution < -0.4 is 5.32 Å². The summed E-state index contributed by atoms with van der Waals surface area (Å²) in [5.74, 6) is -2.16. The van der Waals surface area contributed by atoms with Gasteiger partial charge in [-0.25, -0.2) is 4.79 Å². The Bertz CT molecular complexity index is 684. The van der Waals surface area contributed by atoms with Crippen molar-refractivity contribution in [3.63, 3.8) is 0 Å². The molecule has 21 heavy (non-hydrogen) atoms. The first-order valence-corrected chi connectivity index (χ1v) is 6.31. The molecule has 0 aliphatic heterocycles. The minimum atomic E-state index is -4.64. The molecule has 0 bridgehead atoms. The number of nitrogens with zero attached hydrogens (tertiary/aromatic N) is 1. The largest absolute Gasteiger partial charge is 0.478 e. The van der Waals surface area contributed by atoms with Gasteiger partial charge in [-0.1, -0.05) is 0 Å². The van der Waals surface area contributed by atoms with Crippen LogP contribution in [0, 0.1) is 0 Å². The summed E-state index contributed by atoms with van der Waals surface area (Å²) in [6.07, 6.45) is -3.41. The monoisotopic (exact) mass is 316 g/mol. The number of amides is 1. The number of carbonyl (C=O) groups is 2. The minimum absolute atomic E-state index is 0.156. The summed E-state index contributed by atoms with van der Waals surface area (Å²) in [7, 11) is 0. The van der Waals surface area contributed by atoms with Gasteiger partial charge in [0.15, 0.2) is 0 Å². The van der Waals surface area contributed by atoms with Crippen LogP contribution >= 0.6 is 11.3 Å². The molecular formula is C12H7F3N2O3S. The quantitative estimate of drug-likeness (QED) is 0.912. The van der Waals surface area contributed by atoms with Gasteiger partial charge in [-0.15, -0.1) is 11.3 Å². The van der Waals surface area contributed by atoms with Crippen LogP contribution in [0.2, 0.25) is 0 Å². The zero-order chi connectivity index (χ0) is 15.6. The van der Waals surface area contributed by atoms with E-state index in [1.165, 1.54) is 11.7 Å². The van der Waals surface area contributed by atoms with Gasteiger partial charge in [0.1, 0.15) is 4.88 Å². The Hall–Kier alpha value is -2.42. The second kappa shape index (κ2) is 5.52. The van der Waals surface area contributed by atoms with Crippen LogP contribution in [0.5, 0.6) is 0 Å². The van der Waals surface area contributed by atoms with Gasteiger partial charge in [-0.05, 0) is 18.2 Å². The molecule has 9 heteroatoms. The number of nitrogens with one attached hydrogen (secondary N) is 1. The lowest BCUT2D eigenvalue weighted by molar-refractivity contribution is -0.137. The van der Waals surface area contributed by atoms with Crippen molar-refractivity contribution in [1.82, 2.24) is 4.98 Å². The van der Waals surface area contributed by atoms with Gasteiger partial charge < -0.3 is 10.4 Å². The summed E-state index contributed by atoms with van der Waals surface area (Å²) in [5, 5.41) is 11.1. The van der Waals surface area contributed by atoms with Gasteiger partial charge in [0.25, 0.3) is 5.91 Å². The summed E-state index contributed by atoms with van der Waals surface area (Å²) in [6, 6.07) is 2.03. The van der Waals surface area contributed by atoms with E-state index in [9.17, 15) is 22.8 Å². The van der Waals surface area contributed by atoms with E-state index >= 15 is 0 Å². The van der Waals surface area contributed by atoms with Crippen molar-refractivity contribution < 1.29 is 27.9 Å². The molecular weight excluding hydrogens is 309 g/mol. The van der Waals surface area contributed by atoms with E-state index in [0.29, 0.717) is 12.1 Å².